The van der Waals surface area contributed by atoms with E-state index in [2.05, 4.69) is 5.32 Å². The molecule has 1 unspecified atom stereocenters. The van der Waals surface area contributed by atoms with Gasteiger partial charge in [0.2, 0.25) is 0 Å². The second-order valence-electron chi connectivity index (χ2n) is 3.79. The number of hydrogen-bond acceptors (Lipinski definition) is 4. The molecule has 0 aromatic heterocycles. The van der Waals surface area contributed by atoms with Gasteiger partial charge in [0.25, 0.3) is 0 Å². The van der Waals surface area contributed by atoms with E-state index in [0.29, 0.717) is 13.0 Å². The van der Waals surface area contributed by atoms with Gasteiger partial charge in [0, 0.05) is 12.3 Å². The summed E-state index contributed by atoms with van der Waals surface area (Å²) in [6.07, 6.45) is 2.04. The molecule has 0 saturated heterocycles. The number of likely N-dealkylation sites (N-methyl/N-ethyl adjacent to an activating group) is 1. The lowest BCUT2D eigenvalue weighted by Crippen LogP contribution is -2.33. The van der Waals surface area contributed by atoms with Crippen molar-refractivity contribution >= 4 is 9.84 Å². The molecule has 1 atom stereocenters. The summed E-state index contributed by atoms with van der Waals surface area (Å²) in [6, 6.07) is 0.118. The zero-order valence-corrected chi connectivity index (χ0v) is 10.2. The summed E-state index contributed by atoms with van der Waals surface area (Å²) in [7, 11) is -1.05. The SMILES string of the molecule is CNC(CCS(C)(=O)=O)COC(C)C. The highest BCUT2D eigenvalue weighted by Crippen LogP contribution is 1.99. The molecule has 5 heteroatoms. The number of hydrogen-bond donors (Lipinski definition) is 1. The van der Waals surface area contributed by atoms with Crippen molar-refractivity contribution in [2.75, 3.05) is 25.7 Å². The molecule has 0 aliphatic carbocycles. The van der Waals surface area contributed by atoms with Crippen LogP contribution in [0.15, 0.2) is 0 Å². The van der Waals surface area contributed by atoms with E-state index in [1.54, 1.807) is 0 Å². The molecule has 0 bridgehead atoms. The Balaban J connectivity index is 3.80. The van der Waals surface area contributed by atoms with Gasteiger partial charge in [0.1, 0.15) is 9.84 Å². The van der Waals surface area contributed by atoms with E-state index in [-0.39, 0.29) is 17.9 Å². The van der Waals surface area contributed by atoms with Gasteiger partial charge in [0.15, 0.2) is 0 Å². The molecule has 4 nitrogen and oxygen atoms in total. The zero-order valence-electron chi connectivity index (χ0n) is 9.41. The van der Waals surface area contributed by atoms with Gasteiger partial charge in [-0.25, -0.2) is 8.42 Å². The van der Waals surface area contributed by atoms with Crippen molar-refractivity contribution in [1.82, 2.24) is 5.32 Å². The van der Waals surface area contributed by atoms with Crippen LogP contribution < -0.4 is 5.32 Å². The summed E-state index contributed by atoms with van der Waals surface area (Å²) in [6.45, 7) is 4.48. The van der Waals surface area contributed by atoms with Crippen molar-refractivity contribution < 1.29 is 13.2 Å². The average molecular weight is 223 g/mol. The van der Waals surface area contributed by atoms with Crippen molar-refractivity contribution in [3.63, 3.8) is 0 Å². The van der Waals surface area contributed by atoms with Crippen LogP contribution in [0.3, 0.4) is 0 Å². The van der Waals surface area contributed by atoms with Crippen molar-refractivity contribution in [3.05, 3.63) is 0 Å². The molecule has 0 amide bonds. The first kappa shape index (κ1) is 13.9. The maximum atomic E-state index is 10.9. The Kier molecular flexibility index (Phi) is 6.31. The van der Waals surface area contributed by atoms with E-state index in [0.717, 1.165) is 0 Å². The Labute approximate surface area is 86.9 Å². The van der Waals surface area contributed by atoms with Crippen LogP contribution in [0.25, 0.3) is 0 Å². The molecule has 86 valence electrons. The van der Waals surface area contributed by atoms with E-state index < -0.39 is 9.84 Å². The maximum Gasteiger partial charge on any atom is 0.147 e. The van der Waals surface area contributed by atoms with Crippen molar-refractivity contribution in [1.29, 1.82) is 0 Å². The summed E-state index contributed by atoms with van der Waals surface area (Å²) in [4.78, 5) is 0. The number of ether oxygens (including phenoxy) is 1. The van der Waals surface area contributed by atoms with E-state index in [1.807, 2.05) is 20.9 Å². The van der Waals surface area contributed by atoms with E-state index in [1.165, 1.54) is 6.26 Å². The van der Waals surface area contributed by atoms with Crippen LogP contribution in [0.1, 0.15) is 20.3 Å². The summed E-state index contributed by atoms with van der Waals surface area (Å²) in [5, 5.41) is 3.04. The molecular weight excluding hydrogens is 202 g/mol. The van der Waals surface area contributed by atoms with E-state index in [9.17, 15) is 8.42 Å². The summed E-state index contributed by atoms with van der Waals surface area (Å²) >= 11 is 0. The number of nitrogens with one attached hydrogen (secondary N) is 1. The Bertz CT molecular complexity index is 236. The van der Waals surface area contributed by atoms with Gasteiger partial charge in [-0.1, -0.05) is 0 Å². The Morgan fingerprint density at radius 1 is 1.36 bits per heavy atom. The molecule has 0 radical (unpaired) electrons. The number of sulfone groups is 1. The predicted octanol–water partition coefficient (Wildman–Crippen LogP) is 0.434. The van der Waals surface area contributed by atoms with Crippen LogP contribution in [0.4, 0.5) is 0 Å². The minimum Gasteiger partial charge on any atom is -0.377 e. The highest BCUT2D eigenvalue weighted by molar-refractivity contribution is 7.90. The monoisotopic (exact) mass is 223 g/mol. The highest BCUT2D eigenvalue weighted by atomic mass is 32.2. The first-order valence-electron chi connectivity index (χ1n) is 4.81. The van der Waals surface area contributed by atoms with Gasteiger partial charge < -0.3 is 10.1 Å². The lowest BCUT2D eigenvalue weighted by molar-refractivity contribution is 0.0622. The minimum atomic E-state index is -2.86. The van der Waals surface area contributed by atoms with Crippen molar-refractivity contribution in [3.8, 4) is 0 Å². The largest absolute Gasteiger partial charge is 0.377 e. The third kappa shape index (κ3) is 8.47. The minimum absolute atomic E-state index is 0.118. The second-order valence-corrected chi connectivity index (χ2v) is 6.05. The first-order valence-corrected chi connectivity index (χ1v) is 6.88. The topological polar surface area (TPSA) is 55.4 Å². The lowest BCUT2D eigenvalue weighted by Gasteiger charge is -2.17. The quantitative estimate of drug-likeness (QED) is 0.680. The third-order valence-corrected chi connectivity index (χ3v) is 2.85. The predicted molar refractivity (Wildman–Crippen MR) is 58.3 cm³/mol. The molecule has 0 aliphatic rings. The van der Waals surface area contributed by atoms with Gasteiger partial charge in [-0.15, -0.1) is 0 Å². The molecule has 14 heavy (non-hydrogen) atoms. The molecule has 0 aromatic carbocycles. The Hall–Kier alpha value is -0.130. The van der Waals surface area contributed by atoms with Crippen LogP contribution in [0.5, 0.6) is 0 Å². The smallest absolute Gasteiger partial charge is 0.147 e. The van der Waals surface area contributed by atoms with Crippen LogP contribution in [0, 0.1) is 0 Å². The Morgan fingerprint density at radius 3 is 2.29 bits per heavy atom. The molecular formula is C9H21NO3S. The van der Waals surface area contributed by atoms with E-state index >= 15 is 0 Å². The van der Waals surface area contributed by atoms with Crippen LogP contribution in [-0.4, -0.2) is 46.2 Å². The van der Waals surface area contributed by atoms with Gasteiger partial charge in [-0.05, 0) is 27.3 Å². The third-order valence-electron chi connectivity index (χ3n) is 1.88. The van der Waals surface area contributed by atoms with Crippen LogP contribution in [-0.2, 0) is 14.6 Å². The summed E-state index contributed by atoms with van der Waals surface area (Å²) in [5.74, 6) is 0.208. The number of rotatable bonds is 7. The summed E-state index contributed by atoms with van der Waals surface area (Å²) < 4.78 is 27.2. The fraction of sp³-hybridized carbons (Fsp3) is 1.00. The van der Waals surface area contributed by atoms with E-state index in [4.69, 9.17) is 4.74 Å². The van der Waals surface area contributed by atoms with Crippen molar-refractivity contribution in [2.24, 2.45) is 0 Å². The molecule has 0 spiro atoms. The molecule has 0 heterocycles. The first-order chi connectivity index (χ1) is 6.35. The van der Waals surface area contributed by atoms with Gasteiger partial charge >= 0.3 is 0 Å². The summed E-state index contributed by atoms with van der Waals surface area (Å²) in [5.41, 5.74) is 0. The van der Waals surface area contributed by atoms with Crippen LogP contribution >= 0.6 is 0 Å². The van der Waals surface area contributed by atoms with Gasteiger partial charge in [-0.3, -0.25) is 0 Å². The average Bonchev–Trinajstić information content (AvgIpc) is 2.02. The normalized spacial score (nSPS) is 14.6. The zero-order chi connectivity index (χ0) is 11.2. The second kappa shape index (κ2) is 6.37. The fourth-order valence-electron chi connectivity index (χ4n) is 0.976. The van der Waals surface area contributed by atoms with Gasteiger partial charge in [-0.2, -0.15) is 0 Å². The molecule has 0 aliphatic heterocycles. The Morgan fingerprint density at radius 2 is 1.93 bits per heavy atom. The van der Waals surface area contributed by atoms with Crippen LogP contribution in [0.2, 0.25) is 0 Å². The molecule has 1 N–H and O–H groups in total. The van der Waals surface area contributed by atoms with Crippen molar-refractivity contribution in [2.45, 2.75) is 32.4 Å². The highest BCUT2D eigenvalue weighted by Gasteiger charge is 2.11. The molecule has 0 rings (SSSR count). The maximum absolute atomic E-state index is 10.9. The molecule has 0 saturated carbocycles. The van der Waals surface area contributed by atoms with Gasteiger partial charge in [0.05, 0.1) is 18.5 Å². The lowest BCUT2D eigenvalue weighted by atomic mass is 10.2. The molecule has 0 aromatic rings. The molecule has 0 fully saturated rings. The fourth-order valence-corrected chi connectivity index (χ4v) is 1.69. The standard InChI is InChI=1S/C9H21NO3S/c1-8(2)13-7-9(10-3)5-6-14(4,11)12/h8-10H,5-7H2,1-4H3.